The topological polar surface area (TPSA) is 47.6 Å². The molecule has 0 fully saturated rings. The maximum Gasteiger partial charge on any atom is 0.295 e. The first-order valence-electron chi connectivity index (χ1n) is 3.69. The van der Waals surface area contributed by atoms with Crippen molar-refractivity contribution in [1.82, 2.24) is 0 Å². The first kappa shape index (κ1) is 9.38. The molecule has 0 amide bonds. The Balaban J connectivity index is 2.58. The molecule has 0 saturated carbocycles. The lowest BCUT2D eigenvalue weighted by Crippen LogP contribution is -1.99. The van der Waals surface area contributed by atoms with Gasteiger partial charge in [0.05, 0.1) is 12.8 Å². The third-order valence-corrected chi connectivity index (χ3v) is 1.44. The van der Waals surface area contributed by atoms with Gasteiger partial charge in [0.1, 0.15) is 5.75 Å². The first-order valence-corrected chi connectivity index (χ1v) is 3.69. The van der Waals surface area contributed by atoms with Gasteiger partial charge in [-0.15, -0.1) is 0 Å². The number of carbonyl (C=O) groups excluding carboxylic acids is 1. The number of hydrogen-bond donors (Lipinski definition) is 1. The lowest BCUT2D eigenvalue weighted by molar-refractivity contribution is -0.125. The number of benzene rings is 1. The maximum atomic E-state index is 9.82. The quantitative estimate of drug-likeness (QED) is 0.549. The number of ether oxygens (including phenoxy) is 2. The van der Waals surface area contributed by atoms with Gasteiger partial charge in [-0.25, -0.2) is 0 Å². The highest BCUT2D eigenvalue weighted by Crippen LogP contribution is 2.22. The van der Waals surface area contributed by atoms with E-state index >= 15 is 0 Å². The summed E-state index contributed by atoms with van der Waals surface area (Å²) in [7, 11) is 1.57. The highest BCUT2D eigenvalue weighted by Gasteiger charge is 1.99. The SMILES string of the molecule is COc1ccccc1N[CH]OC=O. The van der Waals surface area contributed by atoms with Crippen LogP contribution in [0.3, 0.4) is 0 Å². The van der Waals surface area contributed by atoms with Gasteiger partial charge in [-0.05, 0) is 12.1 Å². The molecule has 1 aromatic carbocycles. The molecule has 0 spiro atoms. The highest BCUT2D eigenvalue weighted by molar-refractivity contribution is 5.57. The van der Waals surface area contributed by atoms with Crippen molar-refractivity contribution in [3.63, 3.8) is 0 Å². The Morgan fingerprint density at radius 3 is 2.85 bits per heavy atom. The van der Waals surface area contributed by atoms with Crippen LogP contribution in [0.15, 0.2) is 24.3 Å². The Kier molecular flexibility index (Phi) is 3.63. The lowest BCUT2D eigenvalue weighted by atomic mass is 10.3. The standard InChI is InChI=1S/C9H10NO3/c1-12-9-5-3-2-4-8(9)10-6-13-7-11/h2-7,10H,1H3. The molecular weight excluding hydrogens is 170 g/mol. The van der Waals surface area contributed by atoms with Crippen LogP contribution in [0, 0.1) is 6.73 Å². The van der Waals surface area contributed by atoms with Gasteiger partial charge in [0.15, 0.2) is 0 Å². The average Bonchev–Trinajstić information content (AvgIpc) is 2.19. The molecule has 0 aromatic heterocycles. The summed E-state index contributed by atoms with van der Waals surface area (Å²) in [5.41, 5.74) is 0.742. The summed E-state index contributed by atoms with van der Waals surface area (Å²) in [6.07, 6.45) is 0. The normalized spacial score (nSPS) is 9.00. The van der Waals surface area contributed by atoms with Gasteiger partial charge in [0.25, 0.3) is 6.47 Å². The van der Waals surface area contributed by atoms with E-state index in [0.717, 1.165) is 5.69 Å². The van der Waals surface area contributed by atoms with E-state index in [-0.39, 0.29) is 0 Å². The number of anilines is 1. The van der Waals surface area contributed by atoms with Crippen molar-refractivity contribution in [3.8, 4) is 5.75 Å². The van der Waals surface area contributed by atoms with Crippen LogP contribution in [-0.4, -0.2) is 13.6 Å². The van der Waals surface area contributed by atoms with E-state index < -0.39 is 0 Å². The van der Waals surface area contributed by atoms with Gasteiger partial charge >= 0.3 is 0 Å². The molecule has 69 valence electrons. The smallest absolute Gasteiger partial charge is 0.295 e. The van der Waals surface area contributed by atoms with Crippen LogP contribution in [0.5, 0.6) is 5.75 Å². The largest absolute Gasteiger partial charge is 0.495 e. The van der Waals surface area contributed by atoms with Crippen LogP contribution in [0.1, 0.15) is 0 Å². The van der Waals surface area contributed by atoms with Crippen molar-refractivity contribution in [2.75, 3.05) is 12.4 Å². The first-order chi connectivity index (χ1) is 6.38. The van der Waals surface area contributed by atoms with E-state index in [1.807, 2.05) is 18.2 Å². The van der Waals surface area contributed by atoms with E-state index in [0.29, 0.717) is 12.2 Å². The van der Waals surface area contributed by atoms with Crippen molar-refractivity contribution < 1.29 is 14.3 Å². The zero-order chi connectivity index (χ0) is 9.52. The molecule has 0 aliphatic heterocycles. The molecule has 0 heterocycles. The summed E-state index contributed by atoms with van der Waals surface area (Å²) in [6, 6.07) is 7.31. The van der Waals surface area contributed by atoms with Crippen LogP contribution < -0.4 is 10.1 Å². The van der Waals surface area contributed by atoms with E-state index in [1.165, 1.54) is 6.73 Å². The minimum absolute atomic E-state index is 0.336. The van der Waals surface area contributed by atoms with Crippen LogP contribution in [0.4, 0.5) is 5.69 Å². The van der Waals surface area contributed by atoms with Gasteiger partial charge in [0.2, 0.25) is 6.73 Å². The second kappa shape index (κ2) is 5.03. The number of carbonyl (C=O) groups is 1. The van der Waals surface area contributed by atoms with Crippen LogP contribution in [0.25, 0.3) is 0 Å². The Labute approximate surface area is 76.5 Å². The van der Waals surface area contributed by atoms with Gasteiger partial charge < -0.3 is 14.8 Å². The molecule has 0 bridgehead atoms. The molecule has 4 nitrogen and oxygen atoms in total. The fourth-order valence-electron chi connectivity index (χ4n) is 0.889. The number of rotatable bonds is 5. The van der Waals surface area contributed by atoms with Crippen molar-refractivity contribution in [3.05, 3.63) is 31.0 Å². The third kappa shape index (κ3) is 2.66. The molecule has 1 aromatic rings. The molecule has 1 radical (unpaired) electrons. The Bertz CT molecular complexity index is 275. The summed E-state index contributed by atoms with van der Waals surface area (Å²) >= 11 is 0. The van der Waals surface area contributed by atoms with E-state index in [2.05, 4.69) is 10.1 Å². The molecule has 0 aliphatic carbocycles. The van der Waals surface area contributed by atoms with Crippen LogP contribution >= 0.6 is 0 Å². The molecule has 1 N–H and O–H groups in total. The minimum Gasteiger partial charge on any atom is -0.495 e. The third-order valence-electron chi connectivity index (χ3n) is 1.44. The zero-order valence-corrected chi connectivity index (χ0v) is 7.19. The molecule has 13 heavy (non-hydrogen) atoms. The number of methoxy groups -OCH3 is 1. The molecule has 0 atom stereocenters. The number of nitrogens with one attached hydrogen (secondary N) is 1. The fraction of sp³-hybridized carbons (Fsp3) is 0.111. The van der Waals surface area contributed by atoms with Crippen LogP contribution in [0.2, 0.25) is 0 Å². The molecule has 0 unspecified atom stereocenters. The van der Waals surface area contributed by atoms with Gasteiger partial charge in [0, 0.05) is 0 Å². The van der Waals surface area contributed by atoms with E-state index in [1.54, 1.807) is 13.2 Å². The van der Waals surface area contributed by atoms with Crippen molar-refractivity contribution in [2.24, 2.45) is 0 Å². The zero-order valence-electron chi connectivity index (χ0n) is 7.19. The Hall–Kier alpha value is -1.71. The van der Waals surface area contributed by atoms with Crippen molar-refractivity contribution in [2.45, 2.75) is 0 Å². The van der Waals surface area contributed by atoms with Crippen molar-refractivity contribution in [1.29, 1.82) is 0 Å². The molecule has 1 rings (SSSR count). The number of para-hydroxylation sites is 2. The monoisotopic (exact) mass is 180 g/mol. The highest BCUT2D eigenvalue weighted by atomic mass is 16.5. The summed E-state index contributed by atoms with van der Waals surface area (Å²) in [5.74, 6) is 0.688. The molecular formula is C9H10NO3. The lowest BCUT2D eigenvalue weighted by Gasteiger charge is -2.08. The van der Waals surface area contributed by atoms with Gasteiger partial charge in [-0.3, -0.25) is 4.79 Å². The number of hydrogen-bond acceptors (Lipinski definition) is 4. The fourth-order valence-corrected chi connectivity index (χ4v) is 0.889. The van der Waals surface area contributed by atoms with E-state index in [9.17, 15) is 4.79 Å². The van der Waals surface area contributed by atoms with Crippen LogP contribution in [-0.2, 0) is 9.53 Å². The second-order valence-corrected chi connectivity index (χ2v) is 2.19. The van der Waals surface area contributed by atoms with Gasteiger partial charge in [-0.1, -0.05) is 12.1 Å². The second-order valence-electron chi connectivity index (χ2n) is 2.19. The average molecular weight is 180 g/mol. The predicted octanol–water partition coefficient (Wildman–Crippen LogP) is 1.40. The summed E-state index contributed by atoms with van der Waals surface area (Å²) < 4.78 is 9.41. The summed E-state index contributed by atoms with van der Waals surface area (Å²) in [6.45, 7) is 1.52. The molecule has 4 heteroatoms. The molecule has 0 saturated heterocycles. The summed E-state index contributed by atoms with van der Waals surface area (Å²) in [4.78, 5) is 9.82. The minimum atomic E-state index is 0.336. The van der Waals surface area contributed by atoms with Crippen molar-refractivity contribution >= 4 is 12.2 Å². The summed E-state index contributed by atoms with van der Waals surface area (Å²) in [5, 5.41) is 2.76. The van der Waals surface area contributed by atoms with E-state index in [4.69, 9.17) is 4.74 Å². The predicted molar refractivity (Wildman–Crippen MR) is 48.1 cm³/mol. The Morgan fingerprint density at radius 1 is 1.38 bits per heavy atom. The Morgan fingerprint density at radius 2 is 2.15 bits per heavy atom. The molecule has 0 aliphatic rings. The maximum absolute atomic E-state index is 9.82. The van der Waals surface area contributed by atoms with Gasteiger partial charge in [-0.2, -0.15) is 0 Å².